The van der Waals surface area contributed by atoms with Gasteiger partial charge in [0.2, 0.25) is 0 Å². The molecule has 0 aliphatic carbocycles. The number of nitrogens with two attached hydrogens (primary N) is 1. The van der Waals surface area contributed by atoms with Crippen LogP contribution in [0.4, 0.5) is 0 Å². The lowest BCUT2D eigenvalue weighted by molar-refractivity contribution is 0.559. The van der Waals surface area contributed by atoms with E-state index in [0.717, 1.165) is 22.0 Å². The minimum Gasteiger partial charge on any atom is -0.297 e. The summed E-state index contributed by atoms with van der Waals surface area (Å²) in [4.78, 5) is 0. The molecule has 0 atom stereocenters. The SMILES string of the molecule is CCCn1c(-c2ccc(Br)cc2C)nnc1S(N)(=O)=O. The maximum atomic E-state index is 11.6. The van der Waals surface area contributed by atoms with Gasteiger partial charge in [0.05, 0.1) is 0 Å². The lowest BCUT2D eigenvalue weighted by Crippen LogP contribution is -2.19. The van der Waals surface area contributed by atoms with Crippen LogP contribution in [0.3, 0.4) is 0 Å². The van der Waals surface area contributed by atoms with Crippen molar-refractivity contribution in [3.63, 3.8) is 0 Å². The van der Waals surface area contributed by atoms with Crippen molar-refractivity contribution in [2.75, 3.05) is 0 Å². The van der Waals surface area contributed by atoms with Gasteiger partial charge in [0.1, 0.15) is 0 Å². The Morgan fingerprint density at radius 3 is 2.60 bits per heavy atom. The van der Waals surface area contributed by atoms with Crippen molar-refractivity contribution in [2.45, 2.75) is 32.0 Å². The molecule has 108 valence electrons. The number of hydrogen-bond acceptors (Lipinski definition) is 4. The first-order chi connectivity index (χ1) is 9.34. The molecule has 1 aromatic carbocycles. The Morgan fingerprint density at radius 2 is 2.05 bits per heavy atom. The fourth-order valence-electron chi connectivity index (χ4n) is 2.00. The molecule has 20 heavy (non-hydrogen) atoms. The Labute approximate surface area is 126 Å². The summed E-state index contributed by atoms with van der Waals surface area (Å²) in [6, 6.07) is 5.70. The van der Waals surface area contributed by atoms with Crippen molar-refractivity contribution in [1.29, 1.82) is 0 Å². The predicted octanol–water partition coefficient (Wildman–Crippen LogP) is 2.07. The summed E-state index contributed by atoms with van der Waals surface area (Å²) in [6.07, 6.45) is 0.753. The standard InChI is InChI=1S/C12H15BrN4O2S/c1-3-6-17-11(15-16-12(17)20(14,18)19)10-5-4-9(13)7-8(10)2/h4-5,7H,3,6H2,1-2H3,(H2,14,18,19). The Kier molecular flexibility index (Phi) is 4.26. The smallest absolute Gasteiger partial charge is 0.273 e. The van der Waals surface area contributed by atoms with Gasteiger partial charge in [0, 0.05) is 16.6 Å². The summed E-state index contributed by atoms with van der Waals surface area (Å²) in [6.45, 7) is 4.37. The Hall–Kier alpha value is -1.25. The van der Waals surface area contributed by atoms with Crippen LogP contribution < -0.4 is 5.14 Å². The van der Waals surface area contributed by atoms with E-state index >= 15 is 0 Å². The van der Waals surface area contributed by atoms with E-state index in [9.17, 15) is 8.42 Å². The molecule has 2 rings (SSSR count). The van der Waals surface area contributed by atoms with Gasteiger partial charge >= 0.3 is 0 Å². The maximum absolute atomic E-state index is 11.6. The van der Waals surface area contributed by atoms with Gasteiger partial charge in [-0.2, -0.15) is 0 Å². The molecule has 0 bridgehead atoms. The monoisotopic (exact) mass is 358 g/mol. The summed E-state index contributed by atoms with van der Waals surface area (Å²) >= 11 is 3.40. The van der Waals surface area contributed by atoms with Crippen molar-refractivity contribution in [1.82, 2.24) is 14.8 Å². The van der Waals surface area contributed by atoms with E-state index in [0.29, 0.717) is 12.4 Å². The molecule has 0 radical (unpaired) electrons. The minimum atomic E-state index is -3.88. The van der Waals surface area contributed by atoms with Crippen LogP contribution in [-0.2, 0) is 16.6 Å². The van der Waals surface area contributed by atoms with Crippen LogP contribution in [0.2, 0.25) is 0 Å². The fraction of sp³-hybridized carbons (Fsp3) is 0.333. The number of nitrogens with zero attached hydrogens (tertiary/aromatic N) is 3. The number of halogens is 1. The zero-order valence-corrected chi connectivity index (χ0v) is 13.6. The van der Waals surface area contributed by atoms with Crippen molar-refractivity contribution < 1.29 is 8.42 Å². The molecule has 0 saturated heterocycles. The predicted molar refractivity (Wildman–Crippen MR) is 79.6 cm³/mol. The van der Waals surface area contributed by atoms with E-state index in [1.54, 1.807) is 4.57 Å². The molecular formula is C12H15BrN4O2S. The second kappa shape index (κ2) is 5.63. The summed E-state index contributed by atoms with van der Waals surface area (Å²) in [5.74, 6) is 0.515. The Balaban J connectivity index is 2.66. The highest BCUT2D eigenvalue weighted by Gasteiger charge is 2.22. The van der Waals surface area contributed by atoms with Crippen molar-refractivity contribution in [2.24, 2.45) is 5.14 Å². The van der Waals surface area contributed by atoms with E-state index in [2.05, 4.69) is 26.1 Å². The molecule has 2 N–H and O–H groups in total. The van der Waals surface area contributed by atoms with Gasteiger partial charge in [0.25, 0.3) is 15.2 Å². The summed E-state index contributed by atoms with van der Waals surface area (Å²) in [5.41, 5.74) is 1.81. The quantitative estimate of drug-likeness (QED) is 0.905. The summed E-state index contributed by atoms with van der Waals surface area (Å²) < 4.78 is 25.6. The van der Waals surface area contributed by atoms with Crippen molar-refractivity contribution >= 4 is 26.0 Å². The average molecular weight is 359 g/mol. The van der Waals surface area contributed by atoms with Crippen LogP contribution in [0.25, 0.3) is 11.4 Å². The van der Waals surface area contributed by atoms with Gasteiger partial charge in [-0.1, -0.05) is 22.9 Å². The molecule has 0 saturated carbocycles. The summed E-state index contributed by atoms with van der Waals surface area (Å²) in [7, 11) is -3.88. The molecule has 0 amide bonds. The largest absolute Gasteiger partial charge is 0.297 e. The number of hydrogen-bond donors (Lipinski definition) is 1. The molecular weight excluding hydrogens is 344 g/mol. The van der Waals surface area contributed by atoms with E-state index in [1.165, 1.54) is 0 Å². The minimum absolute atomic E-state index is 0.198. The molecule has 0 fully saturated rings. The number of rotatable bonds is 4. The van der Waals surface area contributed by atoms with Crippen LogP contribution >= 0.6 is 15.9 Å². The first kappa shape index (κ1) is 15.1. The molecule has 0 spiro atoms. The van der Waals surface area contributed by atoms with E-state index in [1.807, 2.05) is 32.0 Å². The molecule has 0 aliphatic rings. The van der Waals surface area contributed by atoms with Crippen molar-refractivity contribution in [3.8, 4) is 11.4 Å². The zero-order chi connectivity index (χ0) is 14.9. The van der Waals surface area contributed by atoms with Gasteiger partial charge in [-0.25, -0.2) is 13.6 Å². The third kappa shape index (κ3) is 2.92. The van der Waals surface area contributed by atoms with Gasteiger partial charge < -0.3 is 0 Å². The third-order valence-electron chi connectivity index (χ3n) is 2.85. The second-order valence-corrected chi connectivity index (χ2v) is 6.83. The normalized spacial score (nSPS) is 11.8. The number of aryl methyl sites for hydroxylation is 1. The molecule has 6 nitrogen and oxygen atoms in total. The molecule has 8 heteroatoms. The van der Waals surface area contributed by atoms with Gasteiger partial charge in [0.15, 0.2) is 5.82 Å². The lowest BCUT2D eigenvalue weighted by Gasteiger charge is -2.10. The van der Waals surface area contributed by atoms with Gasteiger partial charge in [-0.3, -0.25) is 4.57 Å². The van der Waals surface area contributed by atoms with Gasteiger partial charge in [-0.05, 0) is 37.1 Å². The van der Waals surface area contributed by atoms with Crippen LogP contribution in [0.15, 0.2) is 27.8 Å². The first-order valence-corrected chi connectivity index (χ1v) is 8.41. The topological polar surface area (TPSA) is 90.9 Å². The number of aromatic nitrogens is 3. The van der Waals surface area contributed by atoms with E-state index in [4.69, 9.17) is 5.14 Å². The molecule has 1 aromatic heterocycles. The summed E-state index contributed by atoms with van der Waals surface area (Å²) in [5, 5.41) is 12.7. The molecule has 1 heterocycles. The number of sulfonamides is 1. The Morgan fingerprint density at radius 1 is 1.35 bits per heavy atom. The third-order valence-corrected chi connectivity index (χ3v) is 4.15. The molecule has 0 aliphatic heterocycles. The van der Waals surface area contributed by atoms with Crippen LogP contribution in [0.1, 0.15) is 18.9 Å². The fourth-order valence-corrected chi connectivity index (χ4v) is 3.12. The molecule has 0 unspecified atom stereocenters. The first-order valence-electron chi connectivity index (χ1n) is 6.07. The maximum Gasteiger partial charge on any atom is 0.273 e. The number of primary sulfonamides is 1. The van der Waals surface area contributed by atoms with E-state index < -0.39 is 10.0 Å². The van der Waals surface area contributed by atoms with Crippen molar-refractivity contribution in [3.05, 3.63) is 28.2 Å². The lowest BCUT2D eigenvalue weighted by atomic mass is 10.1. The highest BCUT2D eigenvalue weighted by atomic mass is 79.9. The average Bonchev–Trinajstić information content (AvgIpc) is 2.73. The Bertz CT molecular complexity index is 740. The zero-order valence-electron chi connectivity index (χ0n) is 11.2. The highest BCUT2D eigenvalue weighted by molar-refractivity contribution is 9.10. The molecule has 2 aromatic rings. The highest BCUT2D eigenvalue weighted by Crippen LogP contribution is 2.26. The second-order valence-electron chi connectivity index (χ2n) is 4.46. The van der Waals surface area contributed by atoms with Crippen LogP contribution in [-0.4, -0.2) is 23.2 Å². The van der Waals surface area contributed by atoms with Crippen LogP contribution in [0.5, 0.6) is 0 Å². The number of benzene rings is 1. The van der Waals surface area contributed by atoms with Gasteiger partial charge in [-0.15, -0.1) is 10.2 Å². The van der Waals surface area contributed by atoms with Crippen LogP contribution in [0, 0.1) is 6.92 Å². The van der Waals surface area contributed by atoms with E-state index in [-0.39, 0.29) is 5.16 Å².